The molecule has 1 N–H and O–H groups in total. The topological polar surface area (TPSA) is 41.9 Å². The molecule has 2 heterocycles. The number of benzene rings is 5. The summed E-state index contributed by atoms with van der Waals surface area (Å²) in [6.45, 7) is 9.45. The normalized spacial score (nSPS) is 22.0. The molecule has 1 fully saturated rings. The van der Waals surface area contributed by atoms with E-state index in [0.29, 0.717) is 5.57 Å². The number of rotatable bonds is 4. The van der Waals surface area contributed by atoms with Crippen molar-refractivity contribution in [3.8, 4) is 16.9 Å². The third-order valence-electron chi connectivity index (χ3n) is 9.39. The van der Waals surface area contributed by atoms with Crippen molar-refractivity contribution in [2.24, 2.45) is 0 Å². The van der Waals surface area contributed by atoms with Gasteiger partial charge in [0.25, 0.3) is 0 Å². The lowest BCUT2D eigenvalue weighted by atomic mass is 9.78. The van der Waals surface area contributed by atoms with Crippen LogP contribution in [0, 0.1) is 0 Å². The zero-order valence-corrected chi connectivity index (χ0v) is 24.2. The van der Waals surface area contributed by atoms with Crippen LogP contribution in [0.3, 0.4) is 0 Å². The van der Waals surface area contributed by atoms with E-state index in [1.807, 2.05) is 31.2 Å². The lowest BCUT2D eigenvalue weighted by Crippen LogP contribution is -2.37. The van der Waals surface area contributed by atoms with Crippen LogP contribution in [0.2, 0.25) is 0 Å². The third kappa shape index (κ3) is 3.70. The van der Waals surface area contributed by atoms with Crippen molar-refractivity contribution in [1.29, 1.82) is 0 Å². The summed E-state index contributed by atoms with van der Waals surface area (Å²) in [4.78, 5) is 2.36. The predicted molar refractivity (Wildman–Crippen MR) is 174 cm³/mol. The molecule has 2 aliphatic heterocycles. The molecule has 1 aliphatic carbocycles. The molecule has 2 unspecified atom stereocenters. The average molecular weight is 564 g/mol. The second-order valence-electron chi connectivity index (χ2n) is 11.8. The van der Waals surface area contributed by atoms with Crippen LogP contribution in [0.1, 0.15) is 34.7 Å². The van der Waals surface area contributed by atoms with Gasteiger partial charge in [-0.15, -0.1) is 0 Å². The fourth-order valence-corrected chi connectivity index (χ4v) is 7.25. The second kappa shape index (κ2) is 9.70. The third-order valence-corrected chi connectivity index (χ3v) is 9.39. The van der Waals surface area contributed by atoms with Crippen molar-refractivity contribution in [3.05, 3.63) is 149 Å². The van der Waals surface area contributed by atoms with Crippen molar-refractivity contribution < 1.29 is 14.6 Å². The Morgan fingerprint density at radius 3 is 2.19 bits per heavy atom. The zero-order chi connectivity index (χ0) is 29.2. The Morgan fingerprint density at radius 2 is 1.44 bits per heavy atom. The van der Waals surface area contributed by atoms with E-state index in [2.05, 4.69) is 102 Å². The second-order valence-corrected chi connectivity index (χ2v) is 11.8. The molecule has 3 aliphatic rings. The highest BCUT2D eigenvalue weighted by Gasteiger charge is 2.48. The van der Waals surface area contributed by atoms with Gasteiger partial charge < -0.3 is 19.5 Å². The minimum Gasteiger partial charge on any atom is -0.472 e. The molecule has 1 saturated heterocycles. The van der Waals surface area contributed by atoms with Crippen molar-refractivity contribution in [2.75, 3.05) is 31.2 Å². The van der Waals surface area contributed by atoms with Gasteiger partial charge in [0, 0.05) is 52.0 Å². The van der Waals surface area contributed by atoms with Crippen molar-refractivity contribution in [1.82, 2.24) is 0 Å². The largest absolute Gasteiger partial charge is 0.472 e. The quantitative estimate of drug-likeness (QED) is 0.227. The highest BCUT2D eigenvalue weighted by atomic mass is 16.5. The Labute approximate surface area is 252 Å². The first-order valence-electron chi connectivity index (χ1n) is 15.0. The predicted octanol–water partition coefficient (Wildman–Crippen LogP) is 7.82. The van der Waals surface area contributed by atoms with E-state index >= 15 is 0 Å². The Balaban J connectivity index is 1.37. The molecule has 4 heteroatoms. The van der Waals surface area contributed by atoms with E-state index in [0.717, 1.165) is 81.8 Å². The summed E-state index contributed by atoms with van der Waals surface area (Å²) in [6.07, 6.45) is 4.32. The highest BCUT2D eigenvalue weighted by molar-refractivity contribution is 6.08. The van der Waals surface area contributed by atoms with Gasteiger partial charge in [-0.2, -0.15) is 0 Å². The van der Waals surface area contributed by atoms with Gasteiger partial charge in [0.2, 0.25) is 0 Å². The fourth-order valence-electron chi connectivity index (χ4n) is 7.25. The van der Waals surface area contributed by atoms with E-state index in [1.165, 1.54) is 5.69 Å². The van der Waals surface area contributed by atoms with Crippen LogP contribution in [0.5, 0.6) is 5.75 Å². The van der Waals surface area contributed by atoms with E-state index in [-0.39, 0.29) is 0 Å². The van der Waals surface area contributed by atoms with Gasteiger partial charge in [0.05, 0.1) is 13.2 Å². The number of fused-ring (bicyclic) bond motifs is 8. The highest BCUT2D eigenvalue weighted by Crippen LogP contribution is 2.59. The van der Waals surface area contributed by atoms with Crippen molar-refractivity contribution in [3.63, 3.8) is 0 Å². The number of aliphatic hydroxyl groups is 1. The Morgan fingerprint density at radius 1 is 0.791 bits per heavy atom. The number of ether oxygens (including phenoxy) is 2. The molecule has 2 atom stereocenters. The van der Waals surface area contributed by atoms with Crippen LogP contribution < -0.4 is 9.64 Å². The van der Waals surface area contributed by atoms with Gasteiger partial charge >= 0.3 is 0 Å². The number of nitrogens with zero attached hydrogens (tertiary/aromatic N) is 1. The van der Waals surface area contributed by atoms with Gasteiger partial charge in [-0.1, -0.05) is 104 Å². The summed E-state index contributed by atoms with van der Waals surface area (Å²) in [6, 6.07) is 35.7. The Hall–Kier alpha value is -4.64. The first kappa shape index (κ1) is 26.0. The van der Waals surface area contributed by atoms with Gasteiger partial charge in [-0.25, -0.2) is 0 Å². The van der Waals surface area contributed by atoms with Crippen LogP contribution >= 0.6 is 0 Å². The van der Waals surface area contributed by atoms with Crippen LogP contribution in [0.25, 0.3) is 28.0 Å². The zero-order valence-electron chi connectivity index (χ0n) is 24.2. The fraction of sp³-hybridized carbons (Fsp3) is 0.179. The first-order valence-corrected chi connectivity index (χ1v) is 15.0. The molecule has 0 saturated carbocycles. The van der Waals surface area contributed by atoms with Crippen LogP contribution in [-0.4, -0.2) is 31.4 Å². The molecule has 4 nitrogen and oxygen atoms in total. The van der Waals surface area contributed by atoms with E-state index in [4.69, 9.17) is 9.47 Å². The molecule has 0 aromatic heterocycles. The lowest BCUT2D eigenvalue weighted by molar-refractivity contribution is 0.122. The molecule has 0 amide bonds. The maximum absolute atomic E-state index is 12.5. The molecule has 5 aromatic carbocycles. The average Bonchev–Trinajstić information content (AvgIpc) is 3.35. The van der Waals surface area contributed by atoms with Crippen LogP contribution in [-0.2, 0) is 15.9 Å². The van der Waals surface area contributed by atoms with Gasteiger partial charge in [-0.3, -0.25) is 0 Å². The number of anilines is 1. The standard InChI is InChI=1S/C39H33NO3/c1-26(2)39(41)34-15-9-8-14-32(34)35-30-12-6-7-13-31(30)37-33(36(35)39)20-21-38(43-37,27-10-4-3-5-11-27)28-16-18-29(19-17-28)40-22-24-42-25-23-40/h3-21,41H,1,22-25H2,2H3. The maximum Gasteiger partial charge on any atom is 0.178 e. The molecular weight excluding hydrogens is 530 g/mol. The maximum atomic E-state index is 12.5. The van der Waals surface area contributed by atoms with Gasteiger partial charge in [0.1, 0.15) is 11.4 Å². The van der Waals surface area contributed by atoms with Gasteiger partial charge in [-0.05, 0) is 47.2 Å². The van der Waals surface area contributed by atoms with E-state index in [1.54, 1.807) is 0 Å². The molecule has 0 radical (unpaired) electrons. The molecule has 0 spiro atoms. The molecule has 0 bridgehead atoms. The van der Waals surface area contributed by atoms with Gasteiger partial charge in [0.15, 0.2) is 5.60 Å². The van der Waals surface area contributed by atoms with Crippen molar-refractivity contribution in [2.45, 2.75) is 18.1 Å². The minimum absolute atomic E-state index is 0.683. The Bertz CT molecular complexity index is 1920. The van der Waals surface area contributed by atoms with Crippen LogP contribution in [0.4, 0.5) is 5.69 Å². The number of hydrogen-bond donors (Lipinski definition) is 1. The summed E-state index contributed by atoms with van der Waals surface area (Å²) >= 11 is 0. The SMILES string of the molecule is C=C(C)C1(O)c2ccccc2-c2c1c1c(c3ccccc23)OC(c2ccccc2)(c2ccc(N3CCOCC3)cc2)C=C1. The summed E-state index contributed by atoms with van der Waals surface area (Å²) in [7, 11) is 0. The summed E-state index contributed by atoms with van der Waals surface area (Å²) in [5.41, 5.74) is 6.44. The van der Waals surface area contributed by atoms with E-state index < -0.39 is 11.2 Å². The van der Waals surface area contributed by atoms with Crippen molar-refractivity contribution >= 4 is 22.5 Å². The summed E-state index contributed by atoms with van der Waals surface area (Å²) in [5.74, 6) is 0.769. The number of hydrogen-bond acceptors (Lipinski definition) is 4. The minimum atomic E-state index is -1.33. The summed E-state index contributed by atoms with van der Waals surface area (Å²) in [5, 5.41) is 14.6. The van der Waals surface area contributed by atoms with Crippen LogP contribution in [0.15, 0.2) is 121 Å². The summed E-state index contributed by atoms with van der Waals surface area (Å²) < 4.78 is 12.9. The smallest absolute Gasteiger partial charge is 0.178 e. The number of morpholine rings is 1. The Kier molecular flexibility index (Phi) is 5.87. The molecule has 5 aromatic rings. The molecule has 212 valence electrons. The monoisotopic (exact) mass is 563 g/mol. The first-order chi connectivity index (χ1) is 21.0. The molecule has 43 heavy (non-hydrogen) atoms. The lowest BCUT2D eigenvalue weighted by Gasteiger charge is -2.39. The molecular formula is C39H33NO3. The van der Waals surface area contributed by atoms with E-state index in [9.17, 15) is 5.11 Å². The molecule has 8 rings (SSSR count).